The smallest absolute Gasteiger partial charge is 0.0637 e. The van der Waals surface area contributed by atoms with Gasteiger partial charge in [-0.05, 0) is 85.9 Å². The molecular formula is C28H53N3O3. The van der Waals surface area contributed by atoms with Crippen molar-refractivity contribution in [2.24, 2.45) is 63.5 Å². The minimum Gasteiger partial charge on any atom is -0.377 e. The van der Waals surface area contributed by atoms with Crippen LogP contribution in [0.3, 0.4) is 0 Å². The molecular weight excluding hydrogens is 426 g/mol. The van der Waals surface area contributed by atoms with Gasteiger partial charge in [-0.1, -0.05) is 27.7 Å². The first-order chi connectivity index (χ1) is 16.3. The Morgan fingerprint density at radius 2 is 1.47 bits per heavy atom. The van der Waals surface area contributed by atoms with Gasteiger partial charge in [-0.25, -0.2) is 0 Å². The molecule has 0 radical (unpaired) electrons. The van der Waals surface area contributed by atoms with E-state index in [0.29, 0.717) is 92.6 Å². The normalized spacial score (nSPS) is 46.2. The highest BCUT2D eigenvalue weighted by atomic mass is 16.5. The van der Waals surface area contributed by atoms with Crippen LogP contribution >= 0.6 is 0 Å². The minimum atomic E-state index is 0.194. The topological polar surface area (TPSA) is 106 Å². The molecule has 0 spiro atoms. The molecule has 0 aliphatic heterocycles. The van der Waals surface area contributed by atoms with Gasteiger partial charge < -0.3 is 31.4 Å². The van der Waals surface area contributed by atoms with E-state index in [2.05, 4.69) is 27.7 Å². The van der Waals surface area contributed by atoms with E-state index in [-0.39, 0.29) is 11.5 Å². The summed E-state index contributed by atoms with van der Waals surface area (Å²) in [5, 5.41) is 0. The van der Waals surface area contributed by atoms with E-state index in [1.807, 2.05) is 0 Å². The lowest BCUT2D eigenvalue weighted by atomic mass is 9.43. The highest BCUT2D eigenvalue weighted by Gasteiger charge is 2.66. The molecule has 6 N–H and O–H groups in total. The maximum atomic E-state index is 6.67. The summed E-state index contributed by atoms with van der Waals surface area (Å²) < 4.78 is 19.5. The summed E-state index contributed by atoms with van der Waals surface area (Å²) in [5.74, 6) is 3.85. The van der Waals surface area contributed by atoms with Crippen molar-refractivity contribution in [1.82, 2.24) is 0 Å². The molecule has 0 heterocycles. The number of rotatable bonds is 10. The Hall–Kier alpha value is -0.240. The lowest BCUT2D eigenvalue weighted by Gasteiger charge is -2.64. The SMILES string of the molecule is CC(C)[C@H]1CC[C@H]2[C@@H]3[C@H](OCCN)C[C@H]4CC(OCCN)CC[C@]4(C)[C@H]3C[C@H](OCCN)[C@]12C. The predicted octanol–water partition coefficient (Wildman–Crippen LogP) is 3.55. The Bertz CT molecular complexity index is 663. The van der Waals surface area contributed by atoms with Gasteiger partial charge in [0.15, 0.2) is 0 Å². The summed E-state index contributed by atoms with van der Waals surface area (Å²) in [6.07, 6.45) is 9.33. The highest BCUT2D eigenvalue weighted by molar-refractivity contribution is 5.15. The fraction of sp³-hybridized carbons (Fsp3) is 1.00. The number of ether oxygens (including phenoxy) is 3. The van der Waals surface area contributed by atoms with Crippen LogP contribution in [-0.2, 0) is 14.2 Å². The van der Waals surface area contributed by atoms with E-state index in [4.69, 9.17) is 31.4 Å². The van der Waals surface area contributed by atoms with Crippen molar-refractivity contribution >= 4 is 0 Å². The summed E-state index contributed by atoms with van der Waals surface area (Å²) in [6.45, 7) is 13.7. The van der Waals surface area contributed by atoms with Crippen molar-refractivity contribution < 1.29 is 14.2 Å². The largest absolute Gasteiger partial charge is 0.377 e. The van der Waals surface area contributed by atoms with E-state index in [9.17, 15) is 0 Å². The zero-order valence-electron chi connectivity index (χ0n) is 22.3. The van der Waals surface area contributed by atoms with Gasteiger partial charge in [0.2, 0.25) is 0 Å². The van der Waals surface area contributed by atoms with Crippen LogP contribution in [0.25, 0.3) is 0 Å². The molecule has 0 aromatic heterocycles. The molecule has 198 valence electrons. The maximum Gasteiger partial charge on any atom is 0.0637 e. The van der Waals surface area contributed by atoms with Gasteiger partial charge in [0.25, 0.3) is 0 Å². The number of hydrogen-bond acceptors (Lipinski definition) is 6. The average Bonchev–Trinajstić information content (AvgIpc) is 3.18. The monoisotopic (exact) mass is 479 g/mol. The third-order valence-corrected chi connectivity index (χ3v) is 10.9. The second-order valence-electron chi connectivity index (χ2n) is 12.7. The van der Waals surface area contributed by atoms with Crippen LogP contribution in [0.2, 0.25) is 0 Å². The molecule has 0 amide bonds. The molecule has 4 aliphatic rings. The van der Waals surface area contributed by atoms with E-state index in [1.165, 1.54) is 19.3 Å². The summed E-state index contributed by atoms with van der Waals surface area (Å²) >= 11 is 0. The van der Waals surface area contributed by atoms with Crippen molar-refractivity contribution in [2.75, 3.05) is 39.5 Å². The molecule has 1 unspecified atom stereocenters. The molecule has 6 heteroatoms. The van der Waals surface area contributed by atoms with Crippen molar-refractivity contribution in [1.29, 1.82) is 0 Å². The van der Waals surface area contributed by atoms with Gasteiger partial charge in [-0.2, -0.15) is 0 Å². The Kier molecular flexibility index (Phi) is 8.69. The zero-order chi connectivity index (χ0) is 24.5. The fourth-order valence-electron chi connectivity index (χ4n) is 9.46. The van der Waals surface area contributed by atoms with Crippen LogP contribution in [0.4, 0.5) is 0 Å². The van der Waals surface area contributed by atoms with Gasteiger partial charge in [0.1, 0.15) is 0 Å². The molecule has 10 atom stereocenters. The molecule has 4 rings (SSSR count). The molecule has 0 aromatic rings. The average molecular weight is 480 g/mol. The van der Waals surface area contributed by atoms with Crippen LogP contribution in [0.15, 0.2) is 0 Å². The summed E-state index contributed by atoms with van der Waals surface area (Å²) in [5.41, 5.74) is 18.1. The van der Waals surface area contributed by atoms with Crippen LogP contribution in [0.1, 0.15) is 72.6 Å². The molecule has 0 saturated heterocycles. The Morgan fingerprint density at radius 3 is 2.15 bits per heavy atom. The molecule has 4 aliphatic carbocycles. The molecule has 0 aromatic carbocycles. The Balaban J connectivity index is 1.67. The highest BCUT2D eigenvalue weighted by Crippen LogP contribution is 2.69. The summed E-state index contributed by atoms with van der Waals surface area (Å²) in [7, 11) is 0. The van der Waals surface area contributed by atoms with Gasteiger partial charge >= 0.3 is 0 Å². The van der Waals surface area contributed by atoms with E-state index >= 15 is 0 Å². The van der Waals surface area contributed by atoms with Gasteiger partial charge in [0, 0.05) is 25.0 Å². The molecule has 34 heavy (non-hydrogen) atoms. The van der Waals surface area contributed by atoms with Gasteiger partial charge in [-0.3, -0.25) is 0 Å². The quantitative estimate of drug-likeness (QED) is 0.442. The van der Waals surface area contributed by atoms with Gasteiger partial charge in [0.05, 0.1) is 38.1 Å². The lowest BCUT2D eigenvalue weighted by molar-refractivity contribution is -0.226. The number of fused-ring (bicyclic) bond motifs is 5. The summed E-state index contributed by atoms with van der Waals surface area (Å²) in [4.78, 5) is 0. The minimum absolute atomic E-state index is 0.194. The van der Waals surface area contributed by atoms with E-state index in [1.54, 1.807) is 0 Å². The van der Waals surface area contributed by atoms with Crippen LogP contribution in [0.5, 0.6) is 0 Å². The second-order valence-corrected chi connectivity index (χ2v) is 12.7. The first kappa shape index (κ1) is 26.8. The lowest BCUT2D eigenvalue weighted by Crippen LogP contribution is -2.63. The summed E-state index contributed by atoms with van der Waals surface area (Å²) in [6, 6.07) is 0. The fourth-order valence-corrected chi connectivity index (χ4v) is 9.46. The predicted molar refractivity (Wildman–Crippen MR) is 137 cm³/mol. The van der Waals surface area contributed by atoms with E-state index < -0.39 is 0 Å². The Morgan fingerprint density at radius 1 is 0.794 bits per heavy atom. The van der Waals surface area contributed by atoms with Crippen molar-refractivity contribution in [2.45, 2.75) is 91.0 Å². The van der Waals surface area contributed by atoms with Gasteiger partial charge in [-0.15, -0.1) is 0 Å². The third kappa shape index (κ3) is 4.61. The van der Waals surface area contributed by atoms with Crippen molar-refractivity contribution in [3.8, 4) is 0 Å². The molecule has 4 saturated carbocycles. The van der Waals surface area contributed by atoms with Crippen molar-refractivity contribution in [3.63, 3.8) is 0 Å². The second kappa shape index (κ2) is 11.0. The number of nitrogens with two attached hydrogens (primary N) is 3. The standard InChI is InChI=1S/C28H53N3O3/c1-18(2)21-5-6-22-26-23(17-25(28(21,22)4)34-14-11-31)27(3)8-7-20(32-12-9-29)15-19(27)16-24(26)33-13-10-30/h18-26H,5-17,29-31H2,1-4H3/t19-,20?,21-,22+,23+,24-,25+,26+,27+,28-/m1/s1. The van der Waals surface area contributed by atoms with Crippen LogP contribution in [0, 0.1) is 46.3 Å². The molecule has 0 bridgehead atoms. The molecule has 4 fully saturated rings. The van der Waals surface area contributed by atoms with E-state index in [0.717, 1.165) is 25.7 Å². The number of hydrogen-bond donors (Lipinski definition) is 3. The maximum absolute atomic E-state index is 6.67. The van der Waals surface area contributed by atoms with Crippen LogP contribution < -0.4 is 17.2 Å². The zero-order valence-corrected chi connectivity index (χ0v) is 22.3. The third-order valence-electron chi connectivity index (χ3n) is 10.9. The Labute approximate surface area is 208 Å². The first-order valence-electron chi connectivity index (χ1n) is 14.3. The first-order valence-corrected chi connectivity index (χ1v) is 14.3. The van der Waals surface area contributed by atoms with Crippen molar-refractivity contribution in [3.05, 3.63) is 0 Å². The molecule has 6 nitrogen and oxygen atoms in total. The van der Waals surface area contributed by atoms with Crippen LogP contribution in [-0.4, -0.2) is 57.8 Å².